The lowest BCUT2D eigenvalue weighted by atomic mass is 9.47. The van der Waals surface area contributed by atoms with Crippen LogP contribution in [0, 0.1) is 17.3 Å². The summed E-state index contributed by atoms with van der Waals surface area (Å²) in [4.78, 5) is 11.3. The van der Waals surface area contributed by atoms with E-state index in [9.17, 15) is 4.79 Å². The van der Waals surface area contributed by atoms with E-state index in [1.807, 2.05) is 0 Å². The molecule has 2 unspecified atom stereocenters. The van der Waals surface area contributed by atoms with Gasteiger partial charge in [0.2, 0.25) is 5.91 Å². The first-order valence-electron chi connectivity index (χ1n) is 6.27. The van der Waals surface area contributed by atoms with Gasteiger partial charge >= 0.3 is 0 Å². The largest absolute Gasteiger partial charge is 0.351 e. The predicted molar refractivity (Wildman–Crippen MR) is 59.3 cm³/mol. The molecule has 2 atom stereocenters. The second kappa shape index (κ2) is 2.78. The maximum absolute atomic E-state index is 11.3. The van der Waals surface area contributed by atoms with Crippen molar-refractivity contribution in [1.82, 2.24) is 5.32 Å². The van der Waals surface area contributed by atoms with Crippen LogP contribution < -0.4 is 5.32 Å². The maximum Gasteiger partial charge on any atom is 0.217 e. The first kappa shape index (κ1) is 9.68. The lowest BCUT2D eigenvalue weighted by molar-refractivity contribution is -0.128. The van der Waals surface area contributed by atoms with Crippen LogP contribution in [-0.2, 0) is 4.79 Å². The highest BCUT2D eigenvalue weighted by Gasteiger charge is 2.55. The highest BCUT2D eigenvalue weighted by Crippen LogP contribution is 2.61. The van der Waals surface area contributed by atoms with Gasteiger partial charge in [0.1, 0.15) is 0 Å². The smallest absolute Gasteiger partial charge is 0.217 e. The van der Waals surface area contributed by atoms with E-state index >= 15 is 0 Å². The Labute approximate surface area is 91.8 Å². The molecule has 0 spiro atoms. The molecule has 1 amide bonds. The molecule has 2 heteroatoms. The van der Waals surface area contributed by atoms with Gasteiger partial charge in [0, 0.05) is 12.5 Å². The minimum absolute atomic E-state index is 0.167. The van der Waals surface area contributed by atoms with Gasteiger partial charge < -0.3 is 5.32 Å². The van der Waals surface area contributed by atoms with Crippen LogP contribution in [0.4, 0.5) is 0 Å². The second-order valence-corrected chi connectivity index (χ2v) is 6.73. The van der Waals surface area contributed by atoms with Gasteiger partial charge in [-0.05, 0) is 55.8 Å². The van der Waals surface area contributed by atoms with Crippen molar-refractivity contribution in [2.75, 3.05) is 0 Å². The fourth-order valence-electron chi connectivity index (χ4n) is 5.24. The van der Waals surface area contributed by atoms with Gasteiger partial charge in [-0.1, -0.05) is 6.92 Å². The van der Waals surface area contributed by atoms with Crippen LogP contribution in [0.25, 0.3) is 0 Å². The molecule has 0 aromatic heterocycles. The predicted octanol–water partition coefficient (Wildman–Crippen LogP) is 2.48. The number of carbonyl (C=O) groups is 1. The Morgan fingerprint density at radius 3 is 2.27 bits per heavy atom. The van der Waals surface area contributed by atoms with Gasteiger partial charge in [0.15, 0.2) is 0 Å². The molecule has 2 nitrogen and oxygen atoms in total. The molecular formula is C13H21NO. The first-order valence-corrected chi connectivity index (χ1v) is 6.27. The summed E-state index contributed by atoms with van der Waals surface area (Å²) in [5.74, 6) is 1.95. The Balaban J connectivity index is 1.89. The van der Waals surface area contributed by atoms with Crippen LogP contribution in [0.5, 0.6) is 0 Å². The van der Waals surface area contributed by atoms with Crippen LogP contribution in [-0.4, -0.2) is 11.4 Å². The number of hydrogen-bond acceptors (Lipinski definition) is 1. The van der Waals surface area contributed by atoms with Crippen molar-refractivity contribution >= 4 is 5.91 Å². The number of amides is 1. The minimum Gasteiger partial charge on any atom is -0.351 e. The summed E-state index contributed by atoms with van der Waals surface area (Å²) in [6.07, 6.45) is 7.97. The molecule has 1 N–H and O–H groups in total. The molecule has 4 saturated carbocycles. The molecule has 84 valence electrons. The molecule has 0 aromatic rings. The van der Waals surface area contributed by atoms with Crippen LogP contribution in [0.15, 0.2) is 0 Å². The van der Waals surface area contributed by atoms with Crippen molar-refractivity contribution in [3.63, 3.8) is 0 Å². The summed E-state index contributed by atoms with van der Waals surface area (Å²) in [5, 5.41) is 3.27. The Kier molecular flexibility index (Phi) is 1.79. The highest BCUT2D eigenvalue weighted by molar-refractivity contribution is 5.74. The van der Waals surface area contributed by atoms with Crippen molar-refractivity contribution in [2.24, 2.45) is 17.3 Å². The fraction of sp³-hybridized carbons (Fsp3) is 0.923. The summed E-state index contributed by atoms with van der Waals surface area (Å²) < 4.78 is 0. The lowest BCUT2D eigenvalue weighted by Gasteiger charge is -2.61. The Morgan fingerprint density at radius 2 is 1.80 bits per heavy atom. The van der Waals surface area contributed by atoms with Gasteiger partial charge in [-0.3, -0.25) is 4.79 Å². The third-order valence-corrected chi connectivity index (χ3v) is 4.79. The van der Waals surface area contributed by atoms with Gasteiger partial charge in [-0.15, -0.1) is 0 Å². The Morgan fingerprint density at radius 1 is 1.20 bits per heavy atom. The zero-order valence-electron chi connectivity index (χ0n) is 9.81. The summed E-state index contributed by atoms with van der Waals surface area (Å²) in [5.41, 5.74) is 0.719. The molecule has 0 aliphatic heterocycles. The topological polar surface area (TPSA) is 29.1 Å². The van der Waals surface area contributed by atoms with E-state index in [1.165, 1.54) is 38.5 Å². The van der Waals surface area contributed by atoms with Crippen LogP contribution >= 0.6 is 0 Å². The minimum atomic E-state index is 0.167. The highest BCUT2D eigenvalue weighted by atomic mass is 16.1. The van der Waals surface area contributed by atoms with Gasteiger partial charge in [0.25, 0.3) is 0 Å². The first-order chi connectivity index (χ1) is 6.99. The molecular weight excluding hydrogens is 186 g/mol. The SMILES string of the molecule is CC(=O)NC12CC3CC(CC(C)(C3)C1)C2. The molecule has 0 saturated heterocycles. The van der Waals surface area contributed by atoms with Crippen LogP contribution in [0.2, 0.25) is 0 Å². The van der Waals surface area contributed by atoms with E-state index < -0.39 is 0 Å². The van der Waals surface area contributed by atoms with Gasteiger partial charge in [-0.25, -0.2) is 0 Å². The summed E-state index contributed by atoms with van der Waals surface area (Å²) in [6.45, 7) is 4.10. The fourth-order valence-corrected chi connectivity index (χ4v) is 5.24. The normalized spacial score (nSPS) is 51.9. The molecule has 4 rings (SSSR count). The zero-order chi connectivity index (χ0) is 10.7. The number of carbonyl (C=O) groups excluding carboxylic acids is 1. The number of rotatable bonds is 1. The van der Waals surface area contributed by atoms with E-state index in [0.717, 1.165) is 11.8 Å². The average molecular weight is 207 g/mol. The molecule has 4 aliphatic carbocycles. The number of hydrogen-bond donors (Lipinski definition) is 1. The van der Waals surface area contributed by atoms with Crippen molar-refractivity contribution in [2.45, 2.75) is 57.9 Å². The van der Waals surface area contributed by atoms with E-state index in [0.29, 0.717) is 5.41 Å². The third-order valence-electron chi connectivity index (χ3n) is 4.79. The van der Waals surface area contributed by atoms with E-state index in [-0.39, 0.29) is 11.4 Å². The summed E-state index contributed by atoms with van der Waals surface area (Å²) in [7, 11) is 0. The molecule has 4 fully saturated rings. The molecule has 15 heavy (non-hydrogen) atoms. The summed E-state index contributed by atoms with van der Waals surface area (Å²) >= 11 is 0. The molecule has 0 radical (unpaired) electrons. The molecule has 0 aromatic carbocycles. The van der Waals surface area contributed by atoms with Crippen LogP contribution in [0.3, 0.4) is 0 Å². The Hall–Kier alpha value is -0.530. The second-order valence-electron chi connectivity index (χ2n) is 6.73. The van der Waals surface area contributed by atoms with Crippen molar-refractivity contribution in [1.29, 1.82) is 0 Å². The Bertz CT molecular complexity index is 296. The van der Waals surface area contributed by atoms with Crippen molar-refractivity contribution < 1.29 is 4.79 Å². The average Bonchev–Trinajstić information content (AvgIpc) is 1.94. The maximum atomic E-state index is 11.3. The van der Waals surface area contributed by atoms with E-state index in [4.69, 9.17) is 0 Å². The third kappa shape index (κ3) is 1.49. The zero-order valence-corrected chi connectivity index (χ0v) is 9.81. The molecule has 0 heterocycles. The van der Waals surface area contributed by atoms with Crippen molar-refractivity contribution in [3.8, 4) is 0 Å². The van der Waals surface area contributed by atoms with Gasteiger partial charge in [-0.2, -0.15) is 0 Å². The molecule has 4 bridgehead atoms. The standard InChI is InChI=1S/C13H21NO/c1-9(15)14-13-6-10-3-11(7-13)5-12(2,4-10)8-13/h10-11H,3-8H2,1-2H3,(H,14,15). The number of nitrogens with one attached hydrogen (secondary N) is 1. The molecule has 4 aliphatic rings. The van der Waals surface area contributed by atoms with Crippen molar-refractivity contribution in [3.05, 3.63) is 0 Å². The monoisotopic (exact) mass is 207 g/mol. The summed E-state index contributed by atoms with van der Waals surface area (Å²) in [6, 6.07) is 0. The van der Waals surface area contributed by atoms with E-state index in [1.54, 1.807) is 6.92 Å². The lowest BCUT2D eigenvalue weighted by Crippen LogP contribution is -2.62. The van der Waals surface area contributed by atoms with Crippen LogP contribution in [0.1, 0.15) is 52.4 Å². The van der Waals surface area contributed by atoms with E-state index in [2.05, 4.69) is 12.2 Å². The quantitative estimate of drug-likeness (QED) is 0.703. The van der Waals surface area contributed by atoms with Gasteiger partial charge in [0.05, 0.1) is 0 Å².